The minimum Gasteiger partial charge on any atom is -0.366 e. The third kappa shape index (κ3) is 3.16. The number of hydrogen-bond acceptors (Lipinski definition) is 4. The number of carbonyl (C=O) groups excluding carboxylic acids is 1. The highest BCUT2D eigenvalue weighted by Gasteiger charge is 2.23. The Hall–Kier alpha value is -1.66. The number of carbonyl (C=O) groups is 1. The molecule has 1 amide bonds. The Kier molecular flexibility index (Phi) is 4.80. The van der Waals surface area contributed by atoms with Crippen molar-refractivity contribution in [3.05, 3.63) is 28.5 Å². The van der Waals surface area contributed by atoms with Gasteiger partial charge in [0.25, 0.3) is 5.91 Å². The lowest BCUT2D eigenvalue weighted by atomic mass is 10.1. The average molecular weight is 306 g/mol. The molecule has 0 radical (unpaired) electrons. The van der Waals surface area contributed by atoms with Gasteiger partial charge in [0.2, 0.25) is 0 Å². The van der Waals surface area contributed by atoms with Crippen LogP contribution in [0.25, 0.3) is 10.6 Å². The van der Waals surface area contributed by atoms with E-state index in [1.165, 1.54) is 11.3 Å². The van der Waals surface area contributed by atoms with Gasteiger partial charge in [-0.1, -0.05) is 0 Å². The Morgan fingerprint density at radius 1 is 1.38 bits per heavy atom. The second-order valence-corrected chi connectivity index (χ2v) is 6.33. The third-order valence-electron chi connectivity index (χ3n) is 3.66. The summed E-state index contributed by atoms with van der Waals surface area (Å²) in [6.45, 7) is 5.88. The number of rotatable bonds is 6. The Balaban J connectivity index is 2.43. The van der Waals surface area contributed by atoms with E-state index in [0.29, 0.717) is 5.56 Å². The summed E-state index contributed by atoms with van der Waals surface area (Å²) in [5.74, 6) is -0.382. The summed E-state index contributed by atoms with van der Waals surface area (Å²) in [5, 5.41) is 2.77. The van der Waals surface area contributed by atoms with Crippen LogP contribution in [0.2, 0.25) is 0 Å². The minimum absolute atomic E-state index is 0.382. The van der Waals surface area contributed by atoms with E-state index in [1.807, 2.05) is 19.2 Å². The van der Waals surface area contributed by atoms with Crippen LogP contribution in [0, 0.1) is 13.8 Å². The standard InChI is InChI=1S/C15H22N4OS/c1-10-12(14(16)20)13(15-17-6-9-21-15)11(2)19(10)8-5-7-18(3)4/h6,9H,5,7-8H2,1-4H3,(H2,16,20). The maximum atomic E-state index is 11.9. The fraction of sp³-hybridized carbons (Fsp3) is 0.467. The molecule has 2 aromatic heterocycles. The van der Waals surface area contributed by atoms with E-state index in [4.69, 9.17) is 5.73 Å². The summed E-state index contributed by atoms with van der Waals surface area (Å²) in [6.07, 6.45) is 2.78. The zero-order chi connectivity index (χ0) is 15.6. The molecule has 0 aliphatic rings. The van der Waals surface area contributed by atoms with Gasteiger partial charge < -0.3 is 15.2 Å². The van der Waals surface area contributed by atoms with Crippen LogP contribution in [0.4, 0.5) is 0 Å². The van der Waals surface area contributed by atoms with E-state index >= 15 is 0 Å². The van der Waals surface area contributed by atoms with Crippen LogP contribution in [0.15, 0.2) is 11.6 Å². The van der Waals surface area contributed by atoms with Crippen LogP contribution in [-0.2, 0) is 6.54 Å². The number of amides is 1. The smallest absolute Gasteiger partial charge is 0.251 e. The van der Waals surface area contributed by atoms with Crippen molar-refractivity contribution in [3.63, 3.8) is 0 Å². The zero-order valence-electron chi connectivity index (χ0n) is 13.0. The van der Waals surface area contributed by atoms with E-state index in [-0.39, 0.29) is 5.91 Å². The Morgan fingerprint density at radius 3 is 2.62 bits per heavy atom. The van der Waals surface area contributed by atoms with Crippen LogP contribution < -0.4 is 5.73 Å². The summed E-state index contributed by atoms with van der Waals surface area (Å²) in [6, 6.07) is 0. The zero-order valence-corrected chi connectivity index (χ0v) is 13.8. The van der Waals surface area contributed by atoms with Gasteiger partial charge in [-0.15, -0.1) is 11.3 Å². The number of primary amides is 1. The van der Waals surface area contributed by atoms with Gasteiger partial charge in [-0.3, -0.25) is 4.79 Å². The van der Waals surface area contributed by atoms with Crippen molar-refractivity contribution in [1.82, 2.24) is 14.5 Å². The second kappa shape index (κ2) is 6.41. The summed E-state index contributed by atoms with van der Waals surface area (Å²) < 4.78 is 2.18. The van der Waals surface area contributed by atoms with Gasteiger partial charge in [-0.2, -0.15) is 0 Å². The number of nitrogens with two attached hydrogens (primary N) is 1. The van der Waals surface area contributed by atoms with Gasteiger partial charge in [0.15, 0.2) is 0 Å². The monoisotopic (exact) mass is 306 g/mol. The molecular formula is C15H22N4OS. The molecule has 0 atom stereocenters. The lowest BCUT2D eigenvalue weighted by molar-refractivity contribution is 0.1000. The van der Waals surface area contributed by atoms with Gasteiger partial charge in [0.05, 0.1) is 5.56 Å². The fourth-order valence-electron chi connectivity index (χ4n) is 2.67. The first-order chi connectivity index (χ1) is 9.93. The van der Waals surface area contributed by atoms with Crippen molar-refractivity contribution in [1.29, 1.82) is 0 Å². The highest BCUT2D eigenvalue weighted by Crippen LogP contribution is 2.33. The maximum Gasteiger partial charge on any atom is 0.251 e. The number of nitrogens with zero attached hydrogens (tertiary/aromatic N) is 3. The van der Waals surface area contributed by atoms with E-state index < -0.39 is 0 Å². The molecule has 2 heterocycles. The average Bonchev–Trinajstić information content (AvgIpc) is 2.98. The third-order valence-corrected chi connectivity index (χ3v) is 4.45. The molecule has 5 nitrogen and oxygen atoms in total. The van der Waals surface area contributed by atoms with Crippen LogP contribution in [-0.4, -0.2) is 41.0 Å². The Morgan fingerprint density at radius 2 is 2.10 bits per heavy atom. The van der Waals surface area contributed by atoms with Gasteiger partial charge in [-0.05, 0) is 40.9 Å². The first-order valence-electron chi connectivity index (χ1n) is 6.97. The summed E-state index contributed by atoms with van der Waals surface area (Å²) in [7, 11) is 4.12. The molecule has 0 bridgehead atoms. The van der Waals surface area contributed by atoms with Crippen molar-refractivity contribution in [2.24, 2.45) is 5.73 Å². The van der Waals surface area contributed by atoms with Crippen molar-refractivity contribution < 1.29 is 4.79 Å². The first kappa shape index (κ1) is 15.7. The molecule has 21 heavy (non-hydrogen) atoms. The van der Waals surface area contributed by atoms with Crippen molar-refractivity contribution >= 4 is 17.2 Å². The predicted molar refractivity (Wildman–Crippen MR) is 86.7 cm³/mol. The lowest BCUT2D eigenvalue weighted by Crippen LogP contribution is -2.16. The van der Waals surface area contributed by atoms with Gasteiger partial charge >= 0.3 is 0 Å². The van der Waals surface area contributed by atoms with Gasteiger partial charge in [0.1, 0.15) is 5.01 Å². The van der Waals surface area contributed by atoms with Gasteiger partial charge in [0, 0.05) is 35.1 Å². The number of aromatic nitrogens is 2. The van der Waals surface area contributed by atoms with E-state index in [9.17, 15) is 4.79 Å². The molecule has 114 valence electrons. The summed E-state index contributed by atoms with van der Waals surface area (Å²) >= 11 is 1.53. The second-order valence-electron chi connectivity index (χ2n) is 5.43. The summed E-state index contributed by atoms with van der Waals surface area (Å²) in [5.41, 5.74) is 9.09. The Labute approximate surface area is 129 Å². The van der Waals surface area contributed by atoms with Crippen molar-refractivity contribution in [2.45, 2.75) is 26.8 Å². The number of thiazole rings is 1. The molecule has 0 fully saturated rings. The fourth-order valence-corrected chi connectivity index (χ4v) is 3.41. The predicted octanol–water partition coefficient (Wildman–Crippen LogP) is 2.28. The molecule has 0 unspecified atom stereocenters. The molecular weight excluding hydrogens is 284 g/mol. The van der Waals surface area contributed by atoms with Crippen LogP contribution in [0.5, 0.6) is 0 Å². The molecule has 0 saturated heterocycles. The van der Waals surface area contributed by atoms with Gasteiger partial charge in [-0.25, -0.2) is 4.98 Å². The molecule has 0 spiro atoms. The normalized spacial score (nSPS) is 11.3. The quantitative estimate of drug-likeness (QED) is 0.890. The van der Waals surface area contributed by atoms with Crippen LogP contribution >= 0.6 is 11.3 Å². The highest BCUT2D eigenvalue weighted by atomic mass is 32.1. The van der Waals surface area contributed by atoms with E-state index in [0.717, 1.165) is 41.5 Å². The summed E-state index contributed by atoms with van der Waals surface area (Å²) in [4.78, 5) is 18.4. The molecule has 0 aliphatic carbocycles. The minimum atomic E-state index is -0.382. The Bertz CT molecular complexity index is 629. The molecule has 2 N–H and O–H groups in total. The van der Waals surface area contributed by atoms with Crippen molar-refractivity contribution in [3.8, 4) is 10.6 Å². The van der Waals surface area contributed by atoms with E-state index in [1.54, 1.807) is 6.20 Å². The molecule has 6 heteroatoms. The van der Waals surface area contributed by atoms with Crippen LogP contribution in [0.3, 0.4) is 0 Å². The highest BCUT2D eigenvalue weighted by molar-refractivity contribution is 7.13. The lowest BCUT2D eigenvalue weighted by Gasteiger charge is -2.12. The largest absolute Gasteiger partial charge is 0.366 e. The molecule has 0 aromatic carbocycles. The van der Waals surface area contributed by atoms with Crippen LogP contribution in [0.1, 0.15) is 28.2 Å². The molecule has 2 aromatic rings. The molecule has 0 saturated carbocycles. The maximum absolute atomic E-state index is 11.9. The topological polar surface area (TPSA) is 64.2 Å². The first-order valence-corrected chi connectivity index (χ1v) is 7.85. The van der Waals surface area contributed by atoms with Crippen molar-refractivity contribution in [2.75, 3.05) is 20.6 Å². The SMILES string of the molecule is Cc1c(C(N)=O)c(-c2nccs2)c(C)n1CCCN(C)C. The number of hydrogen-bond donors (Lipinski definition) is 1. The molecule has 0 aliphatic heterocycles. The van der Waals surface area contributed by atoms with E-state index in [2.05, 4.69) is 28.5 Å². The molecule has 2 rings (SSSR count).